The summed E-state index contributed by atoms with van der Waals surface area (Å²) in [4.78, 5) is 24.0. The van der Waals surface area contributed by atoms with Gasteiger partial charge >= 0.3 is 5.97 Å². The van der Waals surface area contributed by atoms with Crippen molar-refractivity contribution in [2.75, 3.05) is 13.1 Å². The fraction of sp³-hybridized carbons (Fsp3) is 0.700. The van der Waals surface area contributed by atoms with E-state index in [1.807, 2.05) is 0 Å². The van der Waals surface area contributed by atoms with Gasteiger partial charge in [-0.2, -0.15) is 0 Å². The molecule has 1 atom stereocenters. The van der Waals surface area contributed by atoms with E-state index in [0.29, 0.717) is 19.4 Å². The molecule has 8 heteroatoms. The molecular weight excluding hydrogens is 238 g/mol. The van der Waals surface area contributed by atoms with Crippen LogP contribution in [0.15, 0.2) is 4.99 Å². The third-order valence-corrected chi connectivity index (χ3v) is 2.19. The lowest BCUT2D eigenvalue weighted by molar-refractivity contribution is -0.138. The van der Waals surface area contributed by atoms with Crippen LogP contribution in [0.3, 0.4) is 0 Å². The van der Waals surface area contributed by atoms with E-state index in [2.05, 4.69) is 10.3 Å². The Morgan fingerprint density at radius 1 is 1.50 bits per heavy atom. The second kappa shape index (κ2) is 9.23. The molecule has 0 aliphatic carbocycles. The van der Waals surface area contributed by atoms with Crippen LogP contribution in [0.5, 0.6) is 0 Å². The van der Waals surface area contributed by atoms with Crippen molar-refractivity contribution in [1.82, 2.24) is 5.32 Å². The number of carboxylic acids is 1. The zero-order valence-electron chi connectivity index (χ0n) is 10.3. The number of carbonyl (C=O) groups excluding carboxylic acids is 1. The lowest BCUT2D eigenvalue weighted by Crippen LogP contribution is -2.30. The molecule has 1 heterocycles. The number of carbonyl (C=O) groups is 2. The van der Waals surface area contributed by atoms with E-state index in [1.165, 1.54) is 0 Å². The molecule has 0 aromatic heterocycles. The third-order valence-electron chi connectivity index (χ3n) is 2.19. The summed E-state index contributed by atoms with van der Waals surface area (Å²) in [6, 6.07) is -0.820. The Bertz CT molecular complexity index is 294. The molecule has 0 bridgehead atoms. The van der Waals surface area contributed by atoms with Crippen molar-refractivity contribution in [3.63, 3.8) is 0 Å². The number of amides is 1. The SMILES string of the molecule is NC(N)=NCCCC(N)C(=O)O.O=C1CCCN1. The standard InChI is InChI=1S/C6H14N4O2.C4H7NO/c7-4(5(11)12)2-1-3-10-6(8)9;6-4-2-1-3-5-4/h4H,1-3,7H2,(H,11,12)(H4,8,9,10);1-3H2,(H,5,6). The molecule has 1 rings (SSSR count). The number of nitrogens with two attached hydrogens (primary N) is 3. The molecule has 0 aromatic carbocycles. The lowest BCUT2D eigenvalue weighted by Gasteiger charge is -2.03. The normalized spacial score (nSPS) is 15.1. The van der Waals surface area contributed by atoms with Gasteiger partial charge in [0.15, 0.2) is 5.96 Å². The highest BCUT2D eigenvalue weighted by Crippen LogP contribution is 1.94. The quantitative estimate of drug-likeness (QED) is 0.226. The molecule has 0 aromatic rings. The van der Waals surface area contributed by atoms with Gasteiger partial charge in [-0.05, 0) is 19.3 Å². The predicted molar refractivity (Wildman–Crippen MR) is 67.8 cm³/mol. The van der Waals surface area contributed by atoms with Crippen LogP contribution in [-0.4, -0.2) is 42.1 Å². The molecule has 1 fully saturated rings. The smallest absolute Gasteiger partial charge is 0.320 e. The first-order chi connectivity index (χ1) is 8.43. The number of nitrogens with one attached hydrogen (secondary N) is 1. The van der Waals surface area contributed by atoms with E-state index in [-0.39, 0.29) is 11.9 Å². The Hall–Kier alpha value is -1.83. The van der Waals surface area contributed by atoms with Gasteiger partial charge in [0, 0.05) is 19.5 Å². The predicted octanol–water partition coefficient (Wildman–Crippen LogP) is -1.65. The highest BCUT2D eigenvalue weighted by atomic mass is 16.4. The molecule has 1 unspecified atom stereocenters. The summed E-state index contributed by atoms with van der Waals surface area (Å²) < 4.78 is 0. The second-order valence-corrected chi connectivity index (χ2v) is 3.85. The topological polar surface area (TPSA) is 157 Å². The van der Waals surface area contributed by atoms with Gasteiger partial charge in [0.25, 0.3) is 0 Å². The van der Waals surface area contributed by atoms with Crippen molar-refractivity contribution in [3.05, 3.63) is 0 Å². The van der Waals surface area contributed by atoms with Crippen LogP contribution in [0.1, 0.15) is 25.7 Å². The zero-order valence-corrected chi connectivity index (χ0v) is 10.3. The average molecular weight is 259 g/mol. The summed E-state index contributed by atoms with van der Waals surface area (Å²) in [6.45, 7) is 1.31. The van der Waals surface area contributed by atoms with Gasteiger partial charge < -0.3 is 27.6 Å². The van der Waals surface area contributed by atoms with Gasteiger partial charge in [-0.1, -0.05) is 0 Å². The number of rotatable bonds is 5. The molecule has 0 spiro atoms. The monoisotopic (exact) mass is 259 g/mol. The molecule has 1 aliphatic rings. The molecule has 0 saturated carbocycles. The van der Waals surface area contributed by atoms with E-state index >= 15 is 0 Å². The first kappa shape index (κ1) is 16.2. The Morgan fingerprint density at radius 2 is 2.17 bits per heavy atom. The molecular formula is C10H21N5O3. The summed E-state index contributed by atoms with van der Waals surface area (Å²) >= 11 is 0. The van der Waals surface area contributed by atoms with Gasteiger partial charge in [0.2, 0.25) is 5.91 Å². The van der Waals surface area contributed by atoms with E-state index in [9.17, 15) is 9.59 Å². The van der Waals surface area contributed by atoms with Crippen LogP contribution < -0.4 is 22.5 Å². The molecule has 1 amide bonds. The number of hydrogen-bond donors (Lipinski definition) is 5. The Morgan fingerprint density at radius 3 is 2.50 bits per heavy atom. The van der Waals surface area contributed by atoms with Crippen LogP contribution in [0.2, 0.25) is 0 Å². The van der Waals surface area contributed by atoms with Crippen molar-refractivity contribution in [2.24, 2.45) is 22.2 Å². The number of nitrogens with zero attached hydrogens (tertiary/aromatic N) is 1. The molecule has 8 N–H and O–H groups in total. The van der Waals surface area contributed by atoms with Crippen molar-refractivity contribution >= 4 is 17.8 Å². The first-order valence-electron chi connectivity index (χ1n) is 5.74. The third kappa shape index (κ3) is 9.40. The van der Waals surface area contributed by atoms with Crippen molar-refractivity contribution in [1.29, 1.82) is 0 Å². The number of carboxylic acid groups (broad SMARTS) is 1. The summed E-state index contributed by atoms with van der Waals surface area (Å²) in [7, 11) is 0. The maximum absolute atomic E-state index is 10.2. The van der Waals surface area contributed by atoms with Crippen LogP contribution in [0.4, 0.5) is 0 Å². The Balaban J connectivity index is 0.000000397. The number of guanidine groups is 1. The highest BCUT2D eigenvalue weighted by molar-refractivity contribution is 5.77. The summed E-state index contributed by atoms with van der Waals surface area (Å²) in [6.07, 6.45) is 2.72. The van der Waals surface area contributed by atoms with Crippen molar-refractivity contribution in [3.8, 4) is 0 Å². The summed E-state index contributed by atoms with van der Waals surface area (Å²) in [5.74, 6) is -0.784. The molecule has 8 nitrogen and oxygen atoms in total. The van der Waals surface area contributed by atoms with Crippen LogP contribution in [0.25, 0.3) is 0 Å². The first-order valence-corrected chi connectivity index (χ1v) is 5.74. The van der Waals surface area contributed by atoms with Gasteiger partial charge in [-0.25, -0.2) is 0 Å². The van der Waals surface area contributed by atoms with Crippen LogP contribution in [-0.2, 0) is 9.59 Å². The minimum absolute atomic E-state index is 0.0129. The molecule has 1 saturated heterocycles. The largest absolute Gasteiger partial charge is 0.480 e. The van der Waals surface area contributed by atoms with Gasteiger partial charge in [-0.3, -0.25) is 14.6 Å². The van der Waals surface area contributed by atoms with Gasteiger partial charge in [0.05, 0.1) is 0 Å². The maximum Gasteiger partial charge on any atom is 0.320 e. The average Bonchev–Trinajstić information content (AvgIpc) is 2.75. The van der Waals surface area contributed by atoms with E-state index in [4.69, 9.17) is 22.3 Å². The summed E-state index contributed by atoms with van der Waals surface area (Å²) in [5.41, 5.74) is 15.3. The van der Waals surface area contributed by atoms with Crippen LogP contribution >= 0.6 is 0 Å². The van der Waals surface area contributed by atoms with E-state index in [1.54, 1.807) is 0 Å². The minimum atomic E-state index is -1.00. The minimum Gasteiger partial charge on any atom is -0.480 e. The van der Waals surface area contributed by atoms with Crippen molar-refractivity contribution in [2.45, 2.75) is 31.7 Å². The Labute approximate surface area is 106 Å². The fourth-order valence-corrected chi connectivity index (χ4v) is 1.21. The van der Waals surface area contributed by atoms with E-state index < -0.39 is 12.0 Å². The zero-order chi connectivity index (χ0) is 14.0. The van der Waals surface area contributed by atoms with E-state index in [0.717, 1.165) is 19.4 Å². The van der Waals surface area contributed by atoms with Crippen molar-refractivity contribution < 1.29 is 14.7 Å². The number of aliphatic imine (C=N–C) groups is 1. The molecule has 0 radical (unpaired) electrons. The molecule has 18 heavy (non-hydrogen) atoms. The Kier molecular flexibility index (Phi) is 8.29. The molecule has 1 aliphatic heterocycles. The maximum atomic E-state index is 10.2. The van der Waals surface area contributed by atoms with Gasteiger partial charge in [0.1, 0.15) is 6.04 Å². The molecule has 104 valence electrons. The second-order valence-electron chi connectivity index (χ2n) is 3.85. The fourth-order valence-electron chi connectivity index (χ4n) is 1.21. The summed E-state index contributed by atoms with van der Waals surface area (Å²) in [5, 5.41) is 11.1. The van der Waals surface area contributed by atoms with Crippen LogP contribution in [0, 0.1) is 0 Å². The number of hydrogen-bond acceptors (Lipinski definition) is 4. The lowest BCUT2D eigenvalue weighted by atomic mass is 10.2. The highest BCUT2D eigenvalue weighted by Gasteiger charge is 2.09. The number of aliphatic carboxylic acids is 1. The van der Waals surface area contributed by atoms with Gasteiger partial charge in [-0.15, -0.1) is 0 Å².